The highest BCUT2D eigenvalue weighted by molar-refractivity contribution is 6.32. The Kier molecular flexibility index (Phi) is 5.70. The Bertz CT molecular complexity index is 1070. The molecule has 3 aromatic rings. The lowest BCUT2D eigenvalue weighted by atomic mass is 10.1. The fourth-order valence-corrected chi connectivity index (χ4v) is 3.01. The summed E-state index contributed by atoms with van der Waals surface area (Å²) in [6, 6.07) is 11.5. The van der Waals surface area contributed by atoms with Gasteiger partial charge in [-0.3, -0.25) is 14.2 Å². The number of carbonyl (C=O) groups is 1. The maximum atomic E-state index is 13.3. The average molecular weight is 406 g/mol. The first-order valence-electron chi connectivity index (χ1n) is 8.11. The largest absolute Gasteiger partial charge is 0.480 e. The number of aliphatic carboxylic acids is 1. The third-order valence-electron chi connectivity index (χ3n) is 3.85. The Labute approximate surface area is 163 Å². The third kappa shape index (κ3) is 4.34. The molecule has 2 N–H and O–H groups in total. The third-order valence-corrected chi connectivity index (χ3v) is 4.11. The van der Waals surface area contributed by atoms with Crippen molar-refractivity contribution in [1.82, 2.24) is 9.55 Å². The van der Waals surface area contributed by atoms with E-state index in [1.165, 1.54) is 0 Å². The highest BCUT2D eigenvalue weighted by Crippen LogP contribution is 2.26. The molecule has 9 heteroatoms. The van der Waals surface area contributed by atoms with Crippen molar-refractivity contribution in [3.8, 4) is 11.3 Å². The first kappa shape index (κ1) is 19.5. The molecule has 0 radical (unpaired) electrons. The average Bonchev–Trinajstić information content (AvgIpc) is 2.63. The van der Waals surface area contributed by atoms with E-state index < -0.39 is 29.7 Å². The lowest BCUT2D eigenvalue weighted by Gasteiger charge is -2.15. The second kappa shape index (κ2) is 8.18. The summed E-state index contributed by atoms with van der Waals surface area (Å²) >= 11 is 6.23. The molecule has 28 heavy (non-hydrogen) atoms. The number of rotatable bonds is 6. The van der Waals surface area contributed by atoms with Gasteiger partial charge in [-0.1, -0.05) is 41.9 Å². The molecule has 0 atom stereocenters. The van der Waals surface area contributed by atoms with Crippen molar-refractivity contribution in [3.05, 3.63) is 81.2 Å². The summed E-state index contributed by atoms with van der Waals surface area (Å²) in [4.78, 5) is 28.0. The van der Waals surface area contributed by atoms with Crippen LogP contribution < -0.4 is 10.9 Å². The minimum absolute atomic E-state index is 0.0834. The van der Waals surface area contributed by atoms with Gasteiger partial charge in [0, 0.05) is 18.2 Å². The van der Waals surface area contributed by atoms with Crippen LogP contribution in [-0.2, 0) is 17.9 Å². The molecule has 1 heterocycles. The van der Waals surface area contributed by atoms with Gasteiger partial charge in [0.15, 0.2) is 11.0 Å². The zero-order chi connectivity index (χ0) is 20.3. The molecule has 6 nitrogen and oxygen atoms in total. The van der Waals surface area contributed by atoms with E-state index in [0.29, 0.717) is 5.56 Å². The van der Waals surface area contributed by atoms with E-state index in [4.69, 9.17) is 11.6 Å². The number of nitrogens with one attached hydrogen (secondary N) is 1. The molecule has 1 aromatic heterocycles. The van der Waals surface area contributed by atoms with E-state index in [1.54, 1.807) is 30.3 Å². The van der Waals surface area contributed by atoms with Gasteiger partial charge in [-0.15, -0.1) is 0 Å². The summed E-state index contributed by atoms with van der Waals surface area (Å²) in [5, 5.41) is 11.8. The number of carboxylic acids is 1. The summed E-state index contributed by atoms with van der Waals surface area (Å²) in [5.41, 5.74) is 0.211. The van der Waals surface area contributed by atoms with Gasteiger partial charge in [0.2, 0.25) is 0 Å². The molecule has 0 saturated carbocycles. The molecular weight excluding hydrogens is 392 g/mol. The van der Waals surface area contributed by atoms with Crippen LogP contribution in [0.3, 0.4) is 0 Å². The van der Waals surface area contributed by atoms with Crippen molar-refractivity contribution in [1.29, 1.82) is 0 Å². The molecule has 2 aromatic carbocycles. The van der Waals surface area contributed by atoms with Gasteiger partial charge in [-0.25, -0.2) is 13.8 Å². The van der Waals surface area contributed by atoms with Crippen molar-refractivity contribution in [2.45, 2.75) is 13.1 Å². The van der Waals surface area contributed by atoms with Crippen LogP contribution in [-0.4, -0.2) is 20.6 Å². The van der Waals surface area contributed by atoms with E-state index in [-0.39, 0.29) is 28.8 Å². The van der Waals surface area contributed by atoms with E-state index in [9.17, 15) is 23.5 Å². The molecule has 0 saturated heterocycles. The van der Waals surface area contributed by atoms with Crippen molar-refractivity contribution in [2.75, 3.05) is 5.32 Å². The molecule has 3 rings (SSSR count). The van der Waals surface area contributed by atoms with Crippen LogP contribution in [0, 0.1) is 11.6 Å². The summed E-state index contributed by atoms with van der Waals surface area (Å²) in [6.45, 7) is -0.737. The van der Waals surface area contributed by atoms with Crippen molar-refractivity contribution < 1.29 is 18.7 Å². The van der Waals surface area contributed by atoms with Crippen molar-refractivity contribution >= 4 is 23.4 Å². The van der Waals surface area contributed by atoms with Crippen LogP contribution in [0.5, 0.6) is 0 Å². The van der Waals surface area contributed by atoms with Crippen LogP contribution in [0.15, 0.2) is 53.3 Å². The second-order valence-corrected chi connectivity index (χ2v) is 6.24. The molecule has 0 aliphatic heterocycles. The van der Waals surface area contributed by atoms with E-state index in [2.05, 4.69) is 10.3 Å². The van der Waals surface area contributed by atoms with Gasteiger partial charge >= 0.3 is 5.97 Å². The van der Waals surface area contributed by atoms with Crippen LogP contribution in [0.1, 0.15) is 5.56 Å². The number of aromatic nitrogens is 2. The normalized spacial score (nSPS) is 10.7. The minimum Gasteiger partial charge on any atom is -0.480 e. The summed E-state index contributed by atoms with van der Waals surface area (Å²) in [5.74, 6) is -2.98. The predicted octanol–water partition coefficient (Wildman–Crippen LogP) is 3.54. The number of hydrogen-bond acceptors (Lipinski definition) is 4. The fourth-order valence-electron chi connectivity index (χ4n) is 2.71. The molecule has 144 valence electrons. The molecule has 0 fully saturated rings. The van der Waals surface area contributed by atoms with E-state index in [1.807, 2.05) is 0 Å². The summed E-state index contributed by atoms with van der Waals surface area (Å²) in [7, 11) is 0. The van der Waals surface area contributed by atoms with E-state index >= 15 is 0 Å². The van der Waals surface area contributed by atoms with Crippen molar-refractivity contribution in [2.24, 2.45) is 0 Å². The topological polar surface area (TPSA) is 84.2 Å². The smallest absolute Gasteiger partial charge is 0.323 e. The molecule has 0 aliphatic rings. The van der Waals surface area contributed by atoms with Gasteiger partial charge in [0.1, 0.15) is 18.2 Å². The van der Waals surface area contributed by atoms with Crippen LogP contribution in [0.4, 0.5) is 14.6 Å². The SMILES string of the molecule is O=C(O)Cn1c(-c2ccccc2)c(Cl)nc(NCc2cc(F)cc(F)c2)c1=O. The Morgan fingerprint density at radius 3 is 2.39 bits per heavy atom. The zero-order valence-electron chi connectivity index (χ0n) is 14.3. The Morgan fingerprint density at radius 2 is 1.79 bits per heavy atom. The monoisotopic (exact) mass is 405 g/mol. The maximum Gasteiger partial charge on any atom is 0.323 e. The Morgan fingerprint density at radius 1 is 1.14 bits per heavy atom. The number of hydrogen-bond donors (Lipinski definition) is 2. The van der Waals surface area contributed by atoms with Crippen LogP contribution >= 0.6 is 11.6 Å². The standard InChI is InChI=1S/C19H14ClF2N3O3/c20-17-16(12-4-2-1-3-5-12)25(10-15(26)27)19(28)18(24-17)23-9-11-6-13(21)8-14(22)7-11/h1-8H,9-10H2,(H,23,24)(H,26,27). The number of halogens is 3. The number of nitrogens with zero attached hydrogens (tertiary/aromatic N) is 2. The molecule has 0 unspecified atom stereocenters. The highest BCUT2D eigenvalue weighted by atomic mass is 35.5. The molecule has 0 amide bonds. The van der Waals surface area contributed by atoms with Gasteiger partial charge in [0.25, 0.3) is 5.56 Å². The zero-order valence-corrected chi connectivity index (χ0v) is 15.1. The first-order chi connectivity index (χ1) is 13.3. The summed E-state index contributed by atoms with van der Waals surface area (Å²) < 4.78 is 27.6. The molecule has 0 spiro atoms. The highest BCUT2D eigenvalue weighted by Gasteiger charge is 2.19. The quantitative estimate of drug-likeness (QED) is 0.655. The van der Waals surface area contributed by atoms with Crippen molar-refractivity contribution in [3.63, 3.8) is 0 Å². The number of anilines is 1. The Balaban J connectivity index is 2.02. The van der Waals surface area contributed by atoms with E-state index in [0.717, 1.165) is 22.8 Å². The number of carboxylic acid groups (broad SMARTS) is 1. The molecule has 0 aliphatic carbocycles. The fraction of sp³-hybridized carbons (Fsp3) is 0.105. The summed E-state index contributed by atoms with van der Waals surface area (Å²) in [6.07, 6.45) is 0. The van der Waals surface area contributed by atoms with Gasteiger partial charge in [-0.05, 0) is 17.7 Å². The number of benzene rings is 2. The molecule has 0 bridgehead atoms. The van der Waals surface area contributed by atoms with Gasteiger partial charge in [-0.2, -0.15) is 0 Å². The minimum atomic E-state index is -1.24. The first-order valence-corrected chi connectivity index (χ1v) is 8.49. The second-order valence-electron chi connectivity index (χ2n) is 5.88. The maximum absolute atomic E-state index is 13.3. The predicted molar refractivity (Wildman–Crippen MR) is 100 cm³/mol. The van der Waals surface area contributed by atoms with Crippen LogP contribution in [0.2, 0.25) is 5.15 Å². The molecular formula is C19H14ClF2N3O3. The lowest BCUT2D eigenvalue weighted by molar-refractivity contribution is -0.137. The van der Waals surface area contributed by atoms with Gasteiger partial charge in [0.05, 0.1) is 5.69 Å². The lowest BCUT2D eigenvalue weighted by Crippen LogP contribution is -2.29. The van der Waals surface area contributed by atoms with Crippen LogP contribution in [0.25, 0.3) is 11.3 Å². The Hall–Kier alpha value is -3.26. The van der Waals surface area contributed by atoms with Gasteiger partial charge < -0.3 is 10.4 Å².